The Bertz CT molecular complexity index is 830. The minimum Gasteiger partial charge on any atom is -0.453 e. The third kappa shape index (κ3) is 5.96. The van der Waals surface area contributed by atoms with Gasteiger partial charge in [0.25, 0.3) is 5.91 Å². The topological polar surface area (TPSA) is 116 Å². The molecular weight excluding hydrogens is 364 g/mol. The molecule has 1 aromatic carbocycles. The number of primary sulfonamides is 1. The molecule has 134 valence electrons. The lowest BCUT2D eigenvalue weighted by molar-refractivity contribution is -0.153. The van der Waals surface area contributed by atoms with Crippen LogP contribution >= 0.6 is 11.3 Å². The molecule has 2 rings (SSSR count). The largest absolute Gasteiger partial charge is 0.453 e. The molecule has 3 N–H and O–H groups in total. The molecule has 0 spiro atoms. The van der Waals surface area contributed by atoms with E-state index in [1.54, 1.807) is 11.3 Å². The van der Waals surface area contributed by atoms with Crippen molar-refractivity contribution >= 4 is 38.9 Å². The predicted molar refractivity (Wildman–Crippen MR) is 94.6 cm³/mol. The van der Waals surface area contributed by atoms with Crippen molar-refractivity contribution in [1.29, 1.82) is 0 Å². The zero-order valence-corrected chi connectivity index (χ0v) is 15.1. The number of anilines is 1. The Morgan fingerprint density at radius 3 is 2.48 bits per heavy atom. The second-order valence-corrected chi connectivity index (χ2v) is 7.66. The second-order valence-electron chi connectivity index (χ2n) is 5.32. The van der Waals surface area contributed by atoms with Gasteiger partial charge in [0.2, 0.25) is 10.0 Å². The number of hydrogen-bond donors (Lipinski definition) is 2. The van der Waals surface area contributed by atoms with E-state index in [-0.39, 0.29) is 11.3 Å². The number of esters is 1. The molecule has 7 nitrogen and oxygen atoms in total. The number of aryl methyl sites for hydroxylation is 1. The SMILES string of the molecule is C[C@H](OC(=O)CCc1ccsc1)C(=O)Nc1ccc(S(N)(=O)=O)cc1. The van der Waals surface area contributed by atoms with Crippen molar-refractivity contribution < 1.29 is 22.7 Å². The molecule has 1 heterocycles. The van der Waals surface area contributed by atoms with E-state index in [1.807, 2.05) is 16.8 Å². The molecule has 0 unspecified atom stereocenters. The summed E-state index contributed by atoms with van der Waals surface area (Å²) in [5, 5.41) is 11.4. The summed E-state index contributed by atoms with van der Waals surface area (Å²) < 4.78 is 27.4. The number of carbonyl (C=O) groups is 2. The standard InChI is InChI=1S/C16H18N2O5S2/c1-11(23-15(19)7-2-12-8-9-24-10-12)16(20)18-13-3-5-14(6-4-13)25(17,21)22/h3-6,8-11H,2,7H2,1H3,(H,18,20)(H2,17,21,22)/t11-/m0/s1. The van der Waals surface area contributed by atoms with Gasteiger partial charge in [-0.05, 0) is 60.0 Å². The fraction of sp³-hybridized carbons (Fsp3) is 0.250. The Balaban J connectivity index is 1.84. The van der Waals surface area contributed by atoms with Crippen molar-refractivity contribution in [3.05, 3.63) is 46.7 Å². The van der Waals surface area contributed by atoms with Crippen LogP contribution in [0.25, 0.3) is 0 Å². The number of rotatable bonds is 7. The third-order valence-electron chi connectivity index (χ3n) is 3.33. The Morgan fingerprint density at radius 1 is 1.24 bits per heavy atom. The lowest BCUT2D eigenvalue weighted by Gasteiger charge is -2.13. The average Bonchev–Trinajstić information content (AvgIpc) is 3.06. The van der Waals surface area contributed by atoms with E-state index in [9.17, 15) is 18.0 Å². The van der Waals surface area contributed by atoms with Gasteiger partial charge in [-0.25, -0.2) is 13.6 Å². The highest BCUT2D eigenvalue weighted by Crippen LogP contribution is 2.14. The molecule has 1 aromatic heterocycles. The minimum absolute atomic E-state index is 0.0570. The normalized spacial score (nSPS) is 12.4. The highest BCUT2D eigenvalue weighted by molar-refractivity contribution is 7.89. The smallest absolute Gasteiger partial charge is 0.306 e. The van der Waals surface area contributed by atoms with E-state index in [0.717, 1.165) is 5.56 Å². The van der Waals surface area contributed by atoms with Crippen molar-refractivity contribution in [3.8, 4) is 0 Å². The van der Waals surface area contributed by atoms with Crippen LogP contribution in [0.5, 0.6) is 0 Å². The second kappa shape index (κ2) is 8.24. The molecule has 25 heavy (non-hydrogen) atoms. The summed E-state index contributed by atoms with van der Waals surface area (Å²) in [4.78, 5) is 23.8. The first-order valence-corrected chi connectivity index (χ1v) is 9.89. The van der Waals surface area contributed by atoms with Crippen LogP contribution < -0.4 is 10.5 Å². The molecule has 0 aliphatic carbocycles. The van der Waals surface area contributed by atoms with Crippen LogP contribution in [0.15, 0.2) is 46.0 Å². The van der Waals surface area contributed by atoms with Gasteiger partial charge in [0.1, 0.15) is 0 Å². The molecule has 0 radical (unpaired) electrons. The molecule has 0 fully saturated rings. The van der Waals surface area contributed by atoms with Crippen LogP contribution in [0.2, 0.25) is 0 Å². The number of thiophene rings is 1. The molecule has 0 saturated carbocycles. The zero-order valence-electron chi connectivity index (χ0n) is 13.5. The molecule has 2 aromatic rings. The van der Waals surface area contributed by atoms with Crippen molar-refractivity contribution in [2.75, 3.05) is 5.32 Å². The molecule has 0 bridgehead atoms. The predicted octanol–water partition coefficient (Wildman–Crippen LogP) is 1.90. The van der Waals surface area contributed by atoms with Crippen molar-refractivity contribution in [2.24, 2.45) is 5.14 Å². The first-order chi connectivity index (χ1) is 11.8. The van der Waals surface area contributed by atoms with Crippen molar-refractivity contribution in [1.82, 2.24) is 0 Å². The van der Waals surface area contributed by atoms with Gasteiger partial charge >= 0.3 is 5.97 Å². The summed E-state index contributed by atoms with van der Waals surface area (Å²) in [5.74, 6) is -0.967. The Kier molecular flexibility index (Phi) is 6.29. The zero-order chi connectivity index (χ0) is 18.4. The van der Waals surface area contributed by atoms with Crippen LogP contribution in [0.4, 0.5) is 5.69 Å². The number of ether oxygens (including phenoxy) is 1. The van der Waals surface area contributed by atoms with E-state index in [2.05, 4.69) is 5.32 Å². The van der Waals surface area contributed by atoms with Crippen LogP contribution in [0, 0.1) is 0 Å². The number of hydrogen-bond acceptors (Lipinski definition) is 6. The molecule has 1 amide bonds. The summed E-state index contributed by atoms with van der Waals surface area (Å²) >= 11 is 1.55. The van der Waals surface area contributed by atoms with Gasteiger partial charge in [0.15, 0.2) is 6.10 Å². The number of amides is 1. The molecule has 1 atom stereocenters. The maximum Gasteiger partial charge on any atom is 0.306 e. The Labute approximate surface area is 149 Å². The number of nitrogens with one attached hydrogen (secondary N) is 1. The van der Waals surface area contributed by atoms with Crippen LogP contribution in [-0.2, 0) is 30.8 Å². The monoisotopic (exact) mass is 382 g/mol. The van der Waals surface area contributed by atoms with E-state index in [1.165, 1.54) is 31.2 Å². The third-order valence-corrected chi connectivity index (χ3v) is 4.99. The van der Waals surface area contributed by atoms with Crippen LogP contribution in [0.3, 0.4) is 0 Å². The summed E-state index contributed by atoms with van der Waals surface area (Å²) in [7, 11) is -3.79. The molecule has 0 aliphatic heterocycles. The summed E-state index contributed by atoms with van der Waals surface area (Å²) in [6.07, 6.45) is -0.212. The van der Waals surface area contributed by atoms with Gasteiger partial charge in [-0.3, -0.25) is 9.59 Å². The van der Waals surface area contributed by atoms with Gasteiger partial charge in [-0.15, -0.1) is 0 Å². The first kappa shape index (κ1) is 19.1. The fourth-order valence-electron chi connectivity index (χ4n) is 1.96. The van der Waals surface area contributed by atoms with E-state index in [0.29, 0.717) is 12.1 Å². The average molecular weight is 382 g/mol. The number of carbonyl (C=O) groups excluding carboxylic acids is 2. The summed E-state index contributed by atoms with van der Waals surface area (Å²) in [5.41, 5.74) is 1.42. The highest BCUT2D eigenvalue weighted by Gasteiger charge is 2.18. The van der Waals surface area contributed by atoms with Crippen molar-refractivity contribution in [2.45, 2.75) is 30.8 Å². The molecule has 0 aliphatic rings. The van der Waals surface area contributed by atoms with Crippen LogP contribution in [0.1, 0.15) is 18.9 Å². The number of sulfonamides is 1. The van der Waals surface area contributed by atoms with Gasteiger partial charge in [-0.1, -0.05) is 0 Å². The number of nitrogens with two attached hydrogens (primary N) is 1. The van der Waals surface area contributed by atoms with E-state index in [4.69, 9.17) is 9.88 Å². The quantitative estimate of drug-likeness (QED) is 0.710. The van der Waals surface area contributed by atoms with Gasteiger partial charge in [0.05, 0.1) is 4.90 Å². The summed E-state index contributed by atoms with van der Waals surface area (Å²) in [6.45, 7) is 1.47. The maximum atomic E-state index is 12.0. The van der Waals surface area contributed by atoms with Gasteiger partial charge in [-0.2, -0.15) is 11.3 Å². The maximum absolute atomic E-state index is 12.0. The lowest BCUT2D eigenvalue weighted by atomic mass is 10.2. The Hall–Kier alpha value is -2.23. The highest BCUT2D eigenvalue weighted by atomic mass is 32.2. The molecule has 0 saturated heterocycles. The van der Waals surface area contributed by atoms with E-state index < -0.39 is 28.0 Å². The fourth-order valence-corrected chi connectivity index (χ4v) is 3.18. The van der Waals surface area contributed by atoms with Crippen molar-refractivity contribution in [3.63, 3.8) is 0 Å². The lowest BCUT2D eigenvalue weighted by Crippen LogP contribution is -2.30. The number of benzene rings is 1. The van der Waals surface area contributed by atoms with Crippen LogP contribution in [-0.4, -0.2) is 26.4 Å². The Morgan fingerprint density at radius 2 is 1.92 bits per heavy atom. The van der Waals surface area contributed by atoms with E-state index >= 15 is 0 Å². The molecular formula is C16H18N2O5S2. The van der Waals surface area contributed by atoms with Gasteiger partial charge < -0.3 is 10.1 Å². The first-order valence-electron chi connectivity index (χ1n) is 7.40. The van der Waals surface area contributed by atoms with Gasteiger partial charge in [0, 0.05) is 12.1 Å². The summed E-state index contributed by atoms with van der Waals surface area (Å²) in [6, 6.07) is 7.30. The molecule has 9 heteroatoms. The minimum atomic E-state index is -3.79.